The van der Waals surface area contributed by atoms with E-state index in [2.05, 4.69) is 31.4 Å². The van der Waals surface area contributed by atoms with Gasteiger partial charge in [0.15, 0.2) is 11.8 Å². The highest BCUT2D eigenvalue weighted by Gasteiger charge is 2.36. The van der Waals surface area contributed by atoms with Crippen molar-refractivity contribution in [3.63, 3.8) is 0 Å². The fourth-order valence-corrected chi connectivity index (χ4v) is 3.91. The number of nitrogens with zero attached hydrogens (tertiary/aromatic N) is 6. The van der Waals surface area contributed by atoms with E-state index in [1.54, 1.807) is 4.90 Å². The van der Waals surface area contributed by atoms with Crippen LogP contribution in [0.5, 0.6) is 0 Å². The number of carbonyl (C=O) groups is 1. The van der Waals surface area contributed by atoms with E-state index in [-0.39, 0.29) is 36.1 Å². The van der Waals surface area contributed by atoms with Gasteiger partial charge >= 0.3 is 6.09 Å². The number of halogens is 1. The third kappa shape index (κ3) is 5.51. The number of hydrogen-bond donors (Lipinski definition) is 1. The lowest BCUT2D eigenvalue weighted by molar-refractivity contribution is 0.0137. The predicted octanol–water partition coefficient (Wildman–Crippen LogP) is 2.88. The molecule has 0 aliphatic carbocycles. The lowest BCUT2D eigenvalue weighted by Crippen LogP contribution is -2.57. The molecule has 0 radical (unpaired) electrons. The van der Waals surface area contributed by atoms with Crippen LogP contribution in [0.1, 0.15) is 37.7 Å². The van der Waals surface area contributed by atoms with Gasteiger partial charge in [-0.25, -0.2) is 14.5 Å². The molecule has 4 rings (SSSR count). The topological polar surface area (TPSA) is 87.9 Å². The largest absolute Gasteiger partial charge is 0.444 e. The highest BCUT2D eigenvalue weighted by molar-refractivity contribution is 14.0. The van der Waals surface area contributed by atoms with Gasteiger partial charge in [-0.3, -0.25) is 4.99 Å². The number of piperazine rings is 1. The first-order valence-electron chi connectivity index (χ1n) is 10.7. The Hall–Kier alpha value is -2.37. The van der Waals surface area contributed by atoms with Crippen LogP contribution in [0.15, 0.2) is 29.4 Å². The molecule has 1 amide bonds. The molecule has 4 heterocycles. The van der Waals surface area contributed by atoms with Crippen LogP contribution < -0.4 is 5.32 Å². The quantitative estimate of drug-likeness (QED) is 0.589. The number of aromatic nitrogens is 3. The van der Waals surface area contributed by atoms with E-state index in [0.29, 0.717) is 26.2 Å². The molecule has 0 bridgehead atoms. The molecule has 2 aromatic rings. The number of amides is 1. The van der Waals surface area contributed by atoms with Crippen LogP contribution in [0.3, 0.4) is 0 Å². The highest BCUT2D eigenvalue weighted by Crippen LogP contribution is 2.19. The molecule has 32 heavy (non-hydrogen) atoms. The monoisotopic (exact) mass is 553 g/mol. The maximum absolute atomic E-state index is 12.4. The van der Waals surface area contributed by atoms with Gasteiger partial charge in [0.1, 0.15) is 5.60 Å². The minimum atomic E-state index is -0.481. The van der Waals surface area contributed by atoms with Gasteiger partial charge in [-0.1, -0.05) is 6.07 Å². The number of fused-ring (bicyclic) bond motifs is 1. The smallest absolute Gasteiger partial charge is 0.410 e. The lowest BCUT2D eigenvalue weighted by atomic mass is 10.2. The molecule has 2 aliphatic rings. The molecule has 0 saturated carbocycles. The number of guanidine groups is 1. The zero-order valence-electron chi connectivity index (χ0n) is 19.3. The molecule has 10 heteroatoms. The SMILES string of the molecule is Cc1cc(C)n(-c2ccc(CNC3=NCC4CN(C(=O)OC(C)(C)C)CCN34)cn2)n1.I. The second-order valence-corrected chi connectivity index (χ2v) is 9.15. The maximum atomic E-state index is 12.4. The summed E-state index contributed by atoms with van der Waals surface area (Å²) in [6, 6.07) is 6.26. The van der Waals surface area contributed by atoms with Crippen molar-refractivity contribution in [2.24, 2.45) is 4.99 Å². The molecule has 1 atom stereocenters. The van der Waals surface area contributed by atoms with Crippen molar-refractivity contribution in [3.05, 3.63) is 41.3 Å². The van der Waals surface area contributed by atoms with Crippen molar-refractivity contribution in [1.82, 2.24) is 29.9 Å². The Balaban J connectivity index is 0.00000289. The number of hydrogen-bond acceptors (Lipinski definition) is 7. The lowest BCUT2D eigenvalue weighted by Gasteiger charge is -2.39. The van der Waals surface area contributed by atoms with Crippen molar-refractivity contribution in [3.8, 4) is 5.82 Å². The van der Waals surface area contributed by atoms with Gasteiger partial charge in [0.05, 0.1) is 18.3 Å². The summed E-state index contributed by atoms with van der Waals surface area (Å²) >= 11 is 0. The Morgan fingerprint density at radius 3 is 2.66 bits per heavy atom. The molecular weight excluding hydrogens is 521 g/mol. The Kier molecular flexibility index (Phi) is 7.31. The number of aliphatic imine (C=N–C) groups is 1. The van der Waals surface area contributed by atoms with E-state index in [1.807, 2.05) is 57.6 Å². The van der Waals surface area contributed by atoms with Crippen molar-refractivity contribution < 1.29 is 9.53 Å². The molecule has 1 fully saturated rings. The normalized spacial score (nSPS) is 18.0. The fraction of sp³-hybridized carbons (Fsp3) is 0.545. The van der Waals surface area contributed by atoms with E-state index in [4.69, 9.17) is 4.74 Å². The number of nitrogens with one attached hydrogen (secondary N) is 1. The zero-order chi connectivity index (χ0) is 22.2. The van der Waals surface area contributed by atoms with E-state index in [0.717, 1.165) is 35.3 Å². The summed E-state index contributed by atoms with van der Waals surface area (Å²) in [5.41, 5.74) is 2.63. The average molecular weight is 553 g/mol. The fourth-order valence-electron chi connectivity index (χ4n) is 3.91. The second kappa shape index (κ2) is 9.63. The summed E-state index contributed by atoms with van der Waals surface area (Å²) in [5, 5.41) is 7.91. The third-order valence-electron chi connectivity index (χ3n) is 5.34. The molecule has 174 valence electrons. The predicted molar refractivity (Wildman–Crippen MR) is 134 cm³/mol. The van der Waals surface area contributed by atoms with Gasteiger partial charge in [0, 0.05) is 38.1 Å². The van der Waals surface area contributed by atoms with Gasteiger partial charge in [-0.05, 0) is 52.3 Å². The highest BCUT2D eigenvalue weighted by atomic mass is 127. The molecule has 1 unspecified atom stereocenters. The Labute approximate surface area is 206 Å². The number of ether oxygens (including phenoxy) is 1. The van der Waals surface area contributed by atoms with E-state index >= 15 is 0 Å². The van der Waals surface area contributed by atoms with Gasteiger partial charge in [0.25, 0.3) is 0 Å². The first kappa shape index (κ1) is 24.3. The summed E-state index contributed by atoms with van der Waals surface area (Å²) in [6.07, 6.45) is 1.62. The van der Waals surface area contributed by atoms with E-state index in [1.165, 1.54) is 0 Å². The van der Waals surface area contributed by atoms with Crippen LogP contribution in [0.2, 0.25) is 0 Å². The minimum Gasteiger partial charge on any atom is -0.444 e. The van der Waals surface area contributed by atoms with Crippen molar-refractivity contribution >= 4 is 36.0 Å². The van der Waals surface area contributed by atoms with E-state index < -0.39 is 5.60 Å². The molecule has 0 spiro atoms. The molecule has 9 nitrogen and oxygen atoms in total. The van der Waals surface area contributed by atoms with Crippen LogP contribution in [-0.2, 0) is 11.3 Å². The van der Waals surface area contributed by atoms with Gasteiger partial charge < -0.3 is 19.9 Å². The first-order chi connectivity index (χ1) is 14.7. The average Bonchev–Trinajstić information content (AvgIpc) is 3.27. The number of carbonyl (C=O) groups excluding carboxylic acids is 1. The number of rotatable bonds is 3. The summed E-state index contributed by atoms with van der Waals surface area (Å²) in [5.74, 6) is 1.70. The summed E-state index contributed by atoms with van der Waals surface area (Å²) in [4.78, 5) is 25.6. The van der Waals surface area contributed by atoms with Crippen LogP contribution >= 0.6 is 24.0 Å². The number of aryl methyl sites for hydroxylation is 2. The molecule has 0 aromatic carbocycles. The van der Waals surface area contributed by atoms with E-state index in [9.17, 15) is 4.79 Å². The standard InChI is InChI=1S/C22H31N7O2.HI/c1-15-10-16(2)29(26-15)19-7-6-17(11-23-19)12-24-20-25-13-18-14-27(8-9-28(18)20)21(30)31-22(3,4)5;/h6-7,10-11,18H,8-9,12-14H2,1-5H3,(H,24,25);1H. The Morgan fingerprint density at radius 2 is 2.03 bits per heavy atom. The summed E-state index contributed by atoms with van der Waals surface area (Å²) in [7, 11) is 0. The number of pyridine rings is 1. The van der Waals surface area contributed by atoms with Crippen LogP contribution in [-0.4, -0.2) is 74.4 Å². The minimum absolute atomic E-state index is 0. The van der Waals surface area contributed by atoms with Crippen molar-refractivity contribution in [2.45, 2.75) is 52.8 Å². The molecule has 1 saturated heterocycles. The van der Waals surface area contributed by atoms with Gasteiger partial charge in [-0.15, -0.1) is 24.0 Å². The summed E-state index contributed by atoms with van der Waals surface area (Å²) < 4.78 is 7.36. The second-order valence-electron chi connectivity index (χ2n) is 9.15. The zero-order valence-corrected chi connectivity index (χ0v) is 21.7. The maximum Gasteiger partial charge on any atom is 0.410 e. The molecule has 1 N–H and O–H groups in total. The first-order valence-corrected chi connectivity index (χ1v) is 10.7. The van der Waals surface area contributed by atoms with Crippen LogP contribution in [0.25, 0.3) is 5.82 Å². The van der Waals surface area contributed by atoms with Crippen molar-refractivity contribution in [2.75, 3.05) is 26.2 Å². The van der Waals surface area contributed by atoms with Gasteiger partial charge in [0.2, 0.25) is 0 Å². The van der Waals surface area contributed by atoms with Crippen molar-refractivity contribution in [1.29, 1.82) is 0 Å². The summed E-state index contributed by atoms with van der Waals surface area (Å²) in [6.45, 7) is 13.0. The molecule has 2 aliphatic heterocycles. The molecule has 2 aromatic heterocycles. The third-order valence-corrected chi connectivity index (χ3v) is 5.34. The van der Waals surface area contributed by atoms with Gasteiger partial charge in [-0.2, -0.15) is 5.10 Å². The van der Waals surface area contributed by atoms with Crippen LogP contribution in [0, 0.1) is 13.8 Å². The van der Waals surface area contributed by atoms with Crippen LogP contribution in [0.4, 0.5) is 4.79 Å². The molecular formula is C22H32IN7O2. The Morgan fingerprint density at radius 1 is 1.25 bits per heavy atom. The Bertz CT molecular complexity index is 981.